The molecule has 0 aromatic heterocycles. The molecule has 8 heteroatoms. The molecule has 0 saturated carbocycles. The summed E-state index contributed by atoms with van der Waals surface area (Å²) in [6, 6.07) is 12.9. The first-order valence-electron chi connectivity index (χ1n) is 8.77. The molecule has 6 nitrogen and oxygen atoms in total. The van der Waals surface area contributed by atoms with Crippen molar-refractivity contribution < 1.29 is 19.1 Å². The van der Waals surface area contributed by atoms with Crippen LogP contribution >= 0.6 is 31.9 Å². The zero-order valence-corrected chi connectivity index (χ0v) is 18.8. The Bertz CT molecular complexity index is 812. The third-order valence-electron chi connectivity index (χ3n) is 4.02. The van der Waals surface area contributed by atoms with Crippen LogP contribution < -0.4 is 20.3 Å². The molecule has 0 aliphatic carbocycles. The van der Waals surface area contributed by atoms with E-state index in [1.807, 2.05) is 18.2 Å². The molecule has 150 valence electrons. The Hall–Kier alpha value is -2.06. The van der Waals surface area contributed by atoms with Crippen LogP contribution in [0.4, 0.5) is 0 Å². The van der Waals surface area contributed by atoms with E-state index in [1.165, 1.54) is 5.56 Å². The summed E-state index contributed by atoms with van der Waals surface area (Å²) in [5.74, 6) is 0.611. The minimum absolute atomic E-state index is 0.217. The molecular weight excluding hydrogens is 492 g/mol. The zero-order chi connectivity index (χ0) is 20.5. The van der Waals surface area contributed by atoms with Gasteiger partial charge in [-0.25, -0.2) is 0 Å². The molecule has 1 unspecified atom stereocenters. The predicted octanol–water partition coefficient (Wildman–Crippen LogP) is 4.33. The van der Waals surface area contributed by atoms with Gasteiger partial charge in [0.05, 0.1) is 4.47 Å². The molecule has 28 heavy (non-hydrogen) atoms. The topological polar surface area (TPSA) is 76.7 Å². The lowest BCUT2D eigenvalue weighted by Crippen LogP contribution is -2.45. The Morgan fingerprint density at radius 1 is 0.964 bits per heavy atom. The van der Waals surface area contributed by atoms with E-state index in [4.69, 9.17) is 9.47 Å². The van der Waals surface area contributed by atoms with E-state index in [-0.39, 0.29) is 13.2 Å². The monoisotopic (exact) mass is 512 g/mol. The fourth-order valence-electron chi connectivity index (χ4n) is 2.21. The maximum absolute atomic E-state index is 11.9. The number of halogens is 2. The van der Waals surface area contributed by atoms with Crippen molar-refractivity contribution in [2.24, 2.45) is 0 Å². The van der Waals surface area contributed by atoms with Crippen molar-refractivity contribution in [2.45, 2.75) is 26.2 Å². The highest BCUT2D eigenvalue weighted by Crippen LogP contribution is 2.30. The quantitative estimate of drug-likeness (QED) is 0.515. The van der Waals surface area contributed by atoms with Crippen molar-refractivity contribution >= 4 is 43.7 Å². The molecule has 0 fully saturated rings. The van der Waals surface area contributed by atoms with Gasteiger partial charge in [0.1, 0.15) is 11.5 Å². The molecular formula is C20H22Br2N2O4. The zero-order valence-electron chi connectivity index (χ0n) is 15.6. The van der Waals surface area contributed by atoms with E-state index in [9.17, 15) is 9.59 Å². The van der Waals surface area contributed by atoms with E-state index in [2.05, 4.69) is 56.6 Å². The largest absolute Gasteiger partial charge is 0.484 e. The van der Waals surface area contributed by atoms with E-state index in [1.54, 1.807) is 24.3 Å². The Morgan fingerprint density at radius 2 is 1.57 bits per heavy atom. The second-order valence-corrected chi connectivity index (χ2v) is 7.90. The third-order valence-corrected chi connectivity index (χ3v) is 5.17. The van der Waals surface area contributed by atoms with Crippen LogP contribution in [0.5, 0.6) is 11.5 Å². The van der Waals surface area contributed by atoms with E-state index < -0.39 is 11.8 Å². The van der Waals surface area contributed by atoms with Crippen molar-refractivity contribution in [1.82, 2.24) is 10.9 Å². The Balaban J connectivity index is 1.72. The number of hydrogen-bond donors (Lipinski definition) is 2. The summed E-state index contributed by atoms with van der Waals surface area (Å²) < 4.78 is 12.5. The number of carbonyl (C=O) groups excluding carboxylic acids is 2. The molecule has 0 radical (unpaired) electrons. The highest BCUT2D eigenvalue weighted by atomic mass is 79.9. The van der Waals surface area contributed by atoms with E-state index >= 15 is 0 Å². The average molecular weight is 514 g/mol. The lowest BCUT2D eigenvalue weighted by atomic mass is 9.99. The van der Waals surface area contributed by atoms with Crippen molar-refractivity contribution in [1.29, 1.82) is 0 Å². The number of amides is 2. The first-order chi connectivity index (χ1) is 13.4. The fraction of sp³-hybridized carbons (Fsp3) is 0.300. The van der Waals surface area contributed by atoms with Gasteiger partial charge in [0.2, 0.25) is 0 Å². The van der Waals surface area contributed by atoms with Crippen LogP contribution in [0.25, 0.3) is 0 Å². The molecule has 0 aliphatic rings. The first-order valence-corrected chi connectivity index (χ1v) is 10.4. The normalized spacial score (nSPS) is 11.4. The van der Waals surface area contributed by atoms with Gasteiger partial charge in [-0.05, 0) is 70.2 Å². The lowest BCUT2D eigenvalue weighted by Gasteiger charge is -2.13. The Labute approximate surface area is 181 Å². The molecule has 1 atom stereocenters. The number of hydrazine groups is 1. The van der Waals surface area contributed by atoms with E-state index in [0.29, 0.717) is 17.4 Å². The van der Waals surface area contributed by atoms with Gasteiger partial charge >= 0.3 is 0 Å². The van der Waals surface area contributed by atoms with Gasteiger partial charge in [-0.2, -0.15) is 0 Å². The van der Waals surface area contributed by atoms with Crippen molar-refractivity contribution in [3.63, 3.8) is 0 Å². The maximum Gasteiger partial charge on any atom is 0.276 e. The Morgan fingerprint density at radius 3 is 2.14 bits per heavy atom. The molecule has 2 aromatic carbocycles. The van der Waals surface area contributed by atoms with Crippen LogP contribution in [0.3, 0.4) is 0 Å². The number of rotatable bonds is 8. The molecule has 0 heterocycles. The minimum atomic E-state index is -0.477. The summed E-state index contributed by atoms with van der Waals surface area (Å²) in [6.45, 7) is 3.84. The summed E-state index contributed by atoms with van der Waals surface area (Å²) in [7, 11) is 0. The molecule has 2 aromatic rings. The third kappa shape index (κ3) is 7.16. The number of ether oxygens (including phenoxy) is 2. The molecule has 2 amide bonds. The number of nitrogens with one attached hydrogen (secondary N) is 2. The van der Waals surface area contributed by atoms with Gasteiger partial charge in [0, 0.05) is 4.47 Å². The SMILES string of the molecule is CCC(C)c1ccc(OCC(=O)NNC(=O)COc2ccc(Br)cc2)c(Br)c1. The number of benzene rings is 2. The van der Waals surface area contributed by atoms with Gasteiger partial charge in [-0.15, -0.1) is 0 Å². The van der Waals surface area contributed by atoms with Crippen molar-refractivity contribution in [3.05, 3.63) is 57.0 Å². The van der Waals surface area contributed by atoms with Gasteiger partial charge in [-0.3, -0.25) is 20.4 Å². The highest BCUT2D eigenvalue weighted by molar-refractivity contribution is 9.10. The average Bonchev–Trinajstić information content (AvgIpc) is 2.70. The Kier molecular flexibility index (Phi) is 8.79. The van der Waals surface area contributed by atoms with Crippen molar-refractivity contribution in [3.8, 4) is 11.5 Å². The van der Waals surface area contributed by atoms with Crippen LogP contribution in [-0.2, 0) is 9.59 Å². The molecule has 0 spiro atoms. The fourth-order valence-corrected chi connectivity index (χ4v) is 2.99. The van der Waals surface area contributed by atoms with Crippen LogP contribution in [0.1, 0.15) is 31.7 Å². The minimum Gasteiger partial charge on any atom is -0.484 e. The molecule has 2 rings (SSSR count). The second-order valence-electron chi connectivity index (χ2n) is 6.13. The highest BCUT2D eigenvalue weighted by Gasteiger charge is 2.10. The standard InChI is InChI=1S/C20H22Br2N2O4/c1-3-13(2)14-4-9-18(17(22)10-14)28-12-20(26)24-23-19(25)11-27-16-7-5-15(21)6-8-16/h4-10,13H,3,11-12H2,1-2H3,(H,23,25)(H,24,26). The molecule has 2 N–H and O–H groups in total. The number of hydrogen-bond acceptors (Lipinski definition) is 4. The molecule has 0 aliphatic heterocycles. The van der Waals surface area contributed by atoms with E-state index in [0.717, 1.165) is 15.4 Å². The van der Waals surface area contributed by atoms with Crippen LogP contribution in [-0.4, -0.2) is 25.0 Å². The van der Waals surface area contributed by atoms with Crippen LogP contribution in [0.2, 0.25) is 0 Å². The van der Waals surface area contributed by atoms with Gasteiger partial charge in [0.25, 0.3) is 11.8 Å². The molecule has 0 bridgehead atoms. The van der Waals surface area contributed by atoms with Crippen LogP contribution in [0, 0.1) is 0 Å². The maximum atomic E-state index is 11.9. The summed E-state index contributed by atoms with van der Waals surface area (Å²) in [5, 5.41) is 0. The smallest absolute Gasteiger partial charge is 0.276 e. The second kappa shape index (κ2) is 11.1. The predicted molar refractivity (Wildman–Crippen MR) is 114 cm³/mol. The summed E-state index contributed by atoms with van der Waals surface area (Å²) in [6.07, 6.45) is 1.04. The van der Waals surface area contributed by atoms with Crippen molar-refractivity contribution in [2.75, 3.05) is 13.2 Å². The van der Waals surface area contributed by atoms with Gasteiger partial charge in [-0.1, -0.05) is 35.8 Å². The molecule has 0 saturated heterocycles. The van der Waals surface area contributed by atoms with Gasteiger partial charge < -0.3 is 9.47 Å². The van der Waals surface area contributed by atoms with Crippen LogP contribution in [0.15, 0.2) is 51.4 Å². The number of carbonyl (C=O) groups is 2. The van der Waals surface area contributed by atoms with Gasteiger partial charge in [0.15, 0.2) is 13.2 Å². The summed E-state index contributed by atoms with van der Waals surface area (Å²) in [4.78, 5) is 23.6. The summed E-state index contributed by atoms with van der Waals surface area (Å²) >= 11 is 6.78. The lowest BCUT2D eigenvalue weighted by molar-refractivity contribution is -0.131. The first kappa shape index (κ1) is 22.2. The summed E-state index contributed by atoms with van der Waals surface area (Å²) in [5.41, 5.74) is 5.77.